The van der Waals surface area contributed by atoms with Crippen LogP contribution in [0.25, 0.3) is 11.0 Å². The van der Waals surface area contributed by atoms with E-state index in [0.29, 0.717) is 22.4 Å². The number of nitrogens with one attached hydrogen (secondary N) is 3. The maximum atomic E-state index is 12.1. The number of H-pyrrole nitrogens is 2. The minimum atomic E-state index is -0.327. The second kappa shape index (κ2) is 4.13. The number of amides is 1. The van der Waals surface area contributed by atoms with Crippen molar-refractivity contribution in [1.82, 2.24) is 19.7 Å². The minimum Gasteiger partial charge on any atom is -0.359 e. The highest BCUT2D eigenvalue weighted by Gasteiger charge is 2.13. The lowest BCUT2D eigenvalue weighted by Gasteiger charge is -2.00. The van der Waals surface area contributed by atoms with Gasteiger partial charge in [-0.05, 0) is 6.07 Å². The SMILES string of the molecule is Cn1ccc(NC(=O)c2c[nH]c3ccc(=O)[nH]c23)n1. The largest absolute Gasteiger partial charge is 0.359 e. The number of carbonyl (C=O) groups is 1. The molecule has 1 amide bonds. The summed E-state index contributed by atoms with van der Waals surface area (Å²) in [5.41, 5.74) is 1.31. The predicted octanol–water partition coefficient (Wildman–Crippen LogP) is 0.842. The van der Waals surface area contributed by atoms with Gasteiger partial charge in [0.2, 0.25) is 5.56 Å². The first-order valence-electron chi connectivity index (χ1n) is 5.65. The molecule has 3 heterocycles. The molecule has 0 saturated carbocycles. The zero-order valence-corrected chi connectivity index (χ0v) is 10.1. The van der Waals surface area contributed by atoms with Gasteiger partial charge in [0.25, 0.3) is 5.91 Å². The summed E-state index contributed by atoms with van der Waals surface area (Å²) in [5.74, 6) is 0.131. The Hall–Kier alpha value is -2.83. The van der Waals surface area contributed by atoms with Gasteiger partial charge in [-0.15, -0.1) is 0 Å². The zero-order valence-electron chi connectivity index (χ0n) is 10.1. The first kappa shape index (κ1) is 11.3. The average Bonchev–Trinajstić information content (AvgIpc) is 2.95. The number of rotatable bonds is 2. The Bertz CT molecular complexity index is 811. The topological polar surface area (TPSA) is 95.6 Å². The van der Waals surface area contributed by atoms with Crippen LogP contribution in [-0.4, -0.2) is 25.7 Å². The summed E-state index contributed by atoms with van der Waals surface area (Å²) >= 11 is 0. The van der Waals surface area contributed by atoms with Crippen molar-refractivity contribution in [2.45, 2.75) is 0 Å². The van der Waals surface area contributed by atoms with Crippen molar-refractivity contribution >= 4 is 22.8 Å². The van der Waals surface area contributed by atoms with Crippen molar-refractivity contribution in [1.29, 1.82) is 0 Å². The molecule has 0 aliphatic carbocycles. The van der Waals surface area contributed by atoms with Gasteiger partial charge in [-0.1, -0.05) is 0 Å². The molecule has 0 aliphatic rings. The highest BCUT2D eigenvalue weighted by molar-refractivity contribution is 6.11. The van der Waals surface area contributed by atoms with Crippen molar-refractivity contribution in [3.05, 3.63) is 46.5 Å². The van der Waals surface area contributed by atoms with E-state index in [1.165, 1.54) is 6.07 Å². The van der Waals surface area contributed by atoms with Crippen LogP contribution in [0.3, 0.4) is 0 Å². The second-order valence-corrected chi connectivity index (χ2v) is 4.14. The molecule has 0 aliphatic heterocycles. The van der Waals surface area contributed by atoms with Crippen LogP contribution in [0.1, 0.15) is 10.4 Å². The van der Waals surface area contributed by atoms with Gasteiger partial charge in [-0.3, -0.25) is 14.3 Å². The lowest BCUT2D eigenvalue weighted by molar-refractivity contribution is 0.102. The lowest BCUT2D eigenvalue weighted by atomic mass is 10.2. The van der Waals surface area contributed by atoms with Gasteiger partial charge in [0.15, 0.2) is 5.82 Å². The third-order valence-corrected chi connectivity index (χ3v) is 2.76. The van der Waals surface area contributed by atoms with E-state index in [1.807, 2.05) is 0 Å². The van der Waals surface area contributed by atoms with Crippen LogP contribution in [0.4, 0.5) is 5.82 Å². The van der Waals surface area contributed by atoms with Crippen molar-refractivity contribution in [2.75, 3.05) is 5.32 Å². The molecular formula is C12H11N5O2. The summed E-state index contributed by atoms with van der Waals surface area (Å²) < 4.78 is 1.59. The van der Waals surface area contributed by atoms with Gasteiger partial charge < -0.3 is 15.3 Å². The number of carbonyl (C=O) groups excluding carboxylic acids is 1. The third-order valence-electron chi connectivity index (χ3n) is 2.76. The number of pyridine rings is 1. The van der Waals surface area contributed by atoms with E-state index in [-0.39, 0.29) is 11.5 Å². The number of fused-ring (bicyclic) bond motifs is 1. The number of aromatic nitrogens is 4. The molecule has 0 atom stereocenters. The molecule has 96 valence electrons. The smallest absolute Gasteiger partial charge is 0.260 e. The van der Waals surface area contributed by atoms with Crippen molar-refractivity contribution in [2.24, 2.45) is 7.05 Å². The van der Waals surface area contributed by atoms with Gasteiger partial charge in [0.1, 0.15) is 0 Å². The Morgan fingerprint density at radius 3 is 2.95 bits per heavy atom. The van der Waals surface area contributed by atoms with Crippen molar-refractivity contribution in [3.63, 3.8) is 0 Å². The Labute approximate surface area is 107 Å². The van der Waals surface area contributed by atoms with Crippen LogP contribution < -0.4 is 10.9 Å². The first-order valence-corrected chi connectivity index (χ1v) is 5.65. The van der Waals surface area contributed by atoms with E-state index < -0.39 is 0 Å². The van der Waals surface area contributed by atoms with Crippen LogP contribution in [0.15, 0.2) is 35.4 Å². The molecule has 7 nitrogen and oxygen atoms in total. The maximum Gasteiger partial charge on any atom is 0.260 e. The molecule has 3 aromatic rings. The molecule has 0 aromatic carbocycles. The van der Waals surface area contributed by atoms with E-state index in [4.69, 9.17) is 0 Å². The highest BCUT2D eigenvalue weighted by Crippen LogP contribution is 2.15. The van der Waals surface area contributed by atoms with Crippen LogP contribution >= 0.6 is 0 Å². The molecule has 0 saturated heterocycles. The second-order valence-electron chi connectivity index (χ2n) is 4.14. The number of hydrogen-bond acceptors (Lipinski definition) is 3. The Morgan fingerprint density at radius 1 is 1.37 bits per heavy atom. The summed E-state index contributed by atoms with van der Waals surface area (Å²) in [4.78, 5) is 29.0. The normalized spacial score (nSPS) is 10.8. The predicted molar refractivity (Wildman–Crippen MR) is 70.1 cm³/mol. The Kier molecular flexibility index (Phi) is 2.45. The van der Waals surface area contributed by atoms with Gasteiger partial charge in [0.05, 0.1) is 16.6 Å². The number of aromatic amines is 2. The van der Waals surface area contributed by atoms with Crippen LogP contribution in [0.2, 0.25) is 0 Å². The zero-order chi connectivity index (χ0) is 13.4. The third kappa shape index (κ3) is 2.01. The number of nitrogens with zero attached hydrogens (tertiary/aromatic N) is 2. The van der Waals surface area contributed by atoms with Gasteiger partial charge in [-0.25, -0.2) is 0 Å². The monoisotopic (exact) mass is 257 g/mol. The number of anilines is 1. The summed E-state index contributed by atoms with van der Waals surface area (Å²) in [6.07, 6.45) is 3.28. The Morgan fingerprint density at radius 2 is 2.21 bits per heavy atom. The van der Waals surface area contributed by atoms with E-state index in [1.54, 1.807) is 36.3 Å². The van der Waals surface area contributed by atoms with Gasteiger partial charge >= 0.3 is 0 Å². The highest BCUT2D eigenvalue weighted by atomic mass is 16.2. The molecular weight excluding hydrogens is 246 g/mol. The van der Waals surface area contributed by atoms with Crippen molar-refractivity contribution < 1.29 is 4.79 Å². The maximum absolute atomic E-state index is 12.1. The van der Waals surface area contributed by atoms with Crippen LogP contribution in [0, 0.1) is 0 Å². The average molecular weight is 257 g/mol. The molecule has 0 unspecified atom stereocenters. The summed E-state index contributed by atoms with van der Waals surface area (Å²) in [5, 5.41) is 6.72. The number of hydrogen-bond donors (Lipinski definition) is 3. The van der Waals surface area contributed by atoms with Gasteiger partial charge in [0, 0.05) is 31.6 Å². The van der Waals surface area contributed by atoms with Gasteiger partial charge in [-0.2, -0.15) is 5.10 Å². The molecule has 0 spiro atoms. The minimum absolute atomic E-state index is 0.251. The summed E-state index contributed by atoms with van der Waals surface area (Å²) in [6.45, 7) is 0. The standard InChI is InChI=1S/C12H11N5O2/c1-17-5-4-9(16-17)14-12(19)7-6-13-8-2-3-10(18)15-11(7)8/h2-6,13H,1H3,(H,15,18)(H,14,16,19). The molecule has 0 radical (unpaired) electrons. The van der Waals surface area contributed by atoms with E-state index in [9.17, 15) is 9.59 Å². The van der Waals surface area contributed by atoms with Crippen LogP contribution in [0.5, 0.6) is 0 Å². The summed E-state index contributed by atoms with van der Waals surface area (Å²) in [6, 6.07) is 4.72. The molecule has 7 heteroatoms. The van der Waals surface area contributed by atoms with E-state index in [2.05, 4.69) is 20.4 Å². The molecule has 0 bridgehead atoms. The Balaban J connectivity index is 1.97. The number of aryl methyl sites for hydroxylation is 1. The molecule has 3 rings (SSSR count). The molecule has 19 heavy (non-hydrogen) atoms. The van der Waals surface area contributed by atoms with Crippen molar-refractivity contribution in [3.8, 4) is 0 Å². The molecule has 3 aromatic heterocycles. The quantitative estimate of drug-likeness (QED) is 0.634. The fourth-order valence-electron chi connectivity index (χ4n) is 1.87. The first-order chi connectivity index (χ1) is 9.13. The lowest BCUT2D eigenvalue weighted by Crippen LogP contribution is -2.13. The fourth-order valence-corrected chi connectivity index (χ4v) is 1.87. The molecule has 0 fully saturated rings. The van der Waals surface area contributed by atoms with E-state index >= 15 is 0 Å². The summed E-state index contributed by atoms with van der Waals surface area (Å²) in [7, 11) is 1.76. The van der Waals surface area contributed by atoms with E-state index in [0.717, 1.165) is 0 Å². The molecule has 3 N–H and O–H groups in total. The van der Waals surface area contributed by atoms with Crippen LogP contribution in [-0.2, 0) is 7.05 Å². The fraction of sp³-hybridized carbons (Fsp3) is 0.0833.